The fourth-order valence-electron chi connectivity index (χ4n) is 2.11. The number of nitrogens with one attached hydrogen (secondary N) is 1. The zero-order chi connectivity index (χ0) is 13.9. The first-order valence-corrected chi connectivity index (χ1v) is 7.27. The third kappa shape index (κ3) is 6.85. The van der Waals surface area contributed by atoms with Gasteiger partial charge < -0.3 is 10.1 Å². The molecule has 3 nitrogen and oxygen atoms in total. The van der Waals surface area contributed by atoms with Gasteiger partial charge in [0.15, 0.2) is 0 Å². The van der Waals surface area contributed by atoms with Gasteiger partial charge in [-0.3, -0.25) is 0 Å². The van der Waals surface area contributed by atoms with Gasteiger partial charge in [-0.2, -0.15) is 0 Å². The van der Waals surface area contributed by atoms with E-state index in [1.54, 1.807) is 12.1 Å². The second-order valence-electron chi connectivity index (χ2n) is 4.88. The molecule has 106 valence electrons. The molecule has 1 atom stereocenters. The Balaban J connectivity index is 2.30. The molecule has 19 heavy (non-hydrogen) atoms. The summed E-state index contributed by atoms with van der Waals surface area (Å²) in [5.41, 5.74) is 0. The molecule has 0 fully saturated rings. The van der Waals surface area contributed by atoms with Crippen molar-refractivity contribution in [2.45, 2.75) is 46.0 Å². The summed E-state index contributed by atoms with van der Waals surface area (Å²) in [5, 5.41) is 2.86. The molecule has 0 radical (unpaired) electrons. The van der Waals surface area contributed by atoms with Crippen molar-refractivity contribution in [2.24, 2.45) is 5.92 Å². The molecule has 0 saturated carbocycles. The molecule has 1 aromatic rings. The third-order valence-electron chi connectivity index (χ3n) is 3.15. The Morgan fingerprint density at radius 3 is 2.53 bits per heavy atom. The molecule has 1 rings (SSSR count). The molecular formula is C16H25NO2. The van der Waals surface area contributed by atoms with E-state index in [-0.39, 0.29) is 6.09 Å². The molecule has 1 N–H and O–H groups in total. The van der Waals surface area contributed by atoms with E-state index in [0.717, 1.165) is 12.8 Å². The Morgan fingerprint density at radius 1 is 1.16 bits per heavy atom. The number of benzene rings is 1. The average molecular weight is 263 g/mol. The quantitative estimate of drug-likeness (QED) is 0.755. The van der Waals surface area contributed by atoms with Gasteiger partial charge in [-0.05, 0) is 30.9 Å². The summed E-state index contributed by atoms with van der Waals surface area (Å²) in [4.78, 5) is 11.7. The van der Waals surface area contributed by atoms with Gasteiger partial charge in [-0.1, -0.05) is 51.3 Å². The summed E-state index contributed by atoms with van der Waals surface area (Å²) < 4.78 is 5.20. The van der Waals surface area contributed by atoms with E-state index in [1.807, 2.05) is 18.2 Å². The summed E-state index contributed by atoms with van der Waals surface area (Å²) in [6.07, 6.45) is 5.56. The number of carbonyl (C=O) groups is 1. The minimum atomic E-state index is -0.358. The van der Waals surface area contributed by atoms with E-state index in [9.17, 15) is 4.79 Å². The molecule has 0 aliphatic heterocycles. The molecule has 3 heteroatoms. The number of unbranched alkanes of at least 4 members (excludes halogenated alkanes) is 1. The van der Waals surface area contributed by atoms with Crippen molar-refractivity contribution in [1.29, 1.82) is 0 Å². The minimum absolute atomic E-state index is 0.358. The van der Waals surface area contributed by atoms with Gasteiger partial charge in [-0.25, -0.2) is 4.79 Å². The van der Waals surface area contributed by atoms with Crippen LogP contribution in [0.25, 0.3) is 0 Å². The molecule has 1 amide bonds. The smallest absolute Gasteiger partial charge is 0.410 e. The molecule has 0 saturated heterocycles. The summed E-state index contributed by atoms with van der Waals surface area (Å²) >= 11 is 0. The number of carbonyl (C=O) groups excluding carboxylic acids is 1. The number of hydrogen-bond donors (Lipinski definition) is 1. The van der Waals surface area contributed by atoms with E-state index < -0.39 is 0 Å². The van der Waals surface area contributed by atoms with Gasteiger partial charge >= 0.3 is 6.09 Å². The highest BCUT2D eigenvalue weighted by Crippen LogP contribution is 2.14. The topological polar surface area (TPSA) is 38.3 Å². The first-order chi connectivity index (χ1) is 9.26. The van der Waals surface area contributed by atoms with Crippen LogP contribution >= 0.6 is 0 Å². The Morgan fingerprint density at radius 2 is 1.89 bits per heavy atom. The van der Waals surface area contributed by atoms with Crippen molar-refractivity contribution < 1.29 is 9.53 Å². The Labute approximate surface area is 116 Å². The summed E-state index contributed by atoms with van der Waals surface area (Å²) in [6.45, 7) is 5.08. The lowest BCUT2D eigenvalue weighted by Crippen LogP contribution is -2.31. The first kappa shape index (κ1) is 15.5. The second kappa shape index (κ2) is 9.42. The van der Waals surface area contributed by atoms with Crippen LogP contribution in [0.2, 0.25) is 0 Å². The highest BCUT2D eigenvalue weighted by atomic mass is 16.5. The normalized spacial score (nSPS) is 11.9. The van der Waals surface area contributed by atoms with Crippen LogP contribution in [0.5, 0.6) is 5.75 Å². The number of amides is 1. The molecule has 0 bridgehead atoms. The Kier molecular flexibility index (Phi) is 7.71. The highest BCUT2D eigenvalue weighted by Gasteiger charge is 2.10. The van der Waals surface area contributed by atoms with Gasteiger partial charge in [0, 0.05) is 6.54 Å². The van der Waals surface area contributed by atoms with Crippen LogP contribution in [-0.2, 0) is 0 Å². The number of ether oxygens (including phenoxy) is 1. The Bertz CT molecular complexity index is 351. The summed E-state index contributed by atoms with van der Waals surface area (Å²) in [6, 6.07) is 9.15. The number of para-hydroxylation sites is 1. The van der Waals surface area contributed by atoms with Crippen LogP contribution in [-0.4, -0.2) is 12.6 Å². The van der Waals surface area contributed by atoms with Gasteiger partial charge in [0.05, 0.1) is 0 Å². The predicted molar refractivity (Wildman–Crippen MR) is 78.4 cm³/mol. The summed E-state index contributed by atoms with van der Waals surface area (Å²) in [5.74, 6) is 1.15. The molecule has 0 aliphatic rings. The zero-order valence-corrected chi connectivity index (χ0v) is 12.0. The molecule has 0 heterocycles. The van der Waals surface area contributed by atoms with Crippen molar-refractivity contribution in [3.63, 3.8) is 0 Å². The van der Waals surface area contributed by atoms with E-state index in [4.69, 9.17) is 4.74 Å². The second-order valence-corrected chi connectivity index (χ2v) is 4.88. The van der Waals surface area contributed by atoms with Crippen molar-refractivity contribution in [3.05, 3.63) is 30.3 Å². The van der Waals surface area contributed by atoms with E-state index in [1.165, 1.54) is 19.3 Å². The number of hydrogen-bond acceptors (Lipinski definition) is 2. The van der Waals surface area contributed by atoms with E-state index in [0.29, 0.717) is 18.2 Å². The van der Waals surface area contributed by atoms with Gasteiger partial charge in [0.1, 0.15) is 5.75 Å². The molecule has 1 aromatic carbocycles. The average Bonchev–Trinajstić information content (AvgIpc) is 2.43. The van der Waals surface area contributed by atoms with Crippen LogP contribution in [0.4, 0.5) is 4.79 Å². The lowest BCUT2D eigenvalue weighted by atomic mass is 9.97. The fourth-order valence-corrected chi connectivity index (χ4v) is 2.11. The largest absolute Gasteiger partial charge is 0.412 e. The van der Waals surface area contributed by atoms with Gasteiger partial charge in [-0.15, -0.1) is 0 Å². The monoisotopic (exact) mass is 263 g/mol. The van der Waals surface area contributed by atoms with Crippen LogP contribution in [0.15, 0.2) is 30.3 Å². The van der Waals surface area contributed by atoms with Crippen LogP contribution in [0.1, 0.15) is 46.0 Å². The SMILES string of the molecule is CCCCC(CCC)CNC(=O)Oc1ccccc1. The van der Waals surface area contributed by atoms with Crippen molar-refractivity contribution in [3.8, 4) is 5.75 Å². The van der Waals surface area contributed by atoms with Crippen molar-refractivity contribution >= 4 is 6.09 Å². The maximum Gasteiger partial charge on any atom is 0.412 e. The molecule has 0 spiro atoms. The van der Waals surface area contributed by atoms with E-state index >= 15 is 0 Å². The maximum absolute atomic E-state index is 11.7. The van der Waals surface area contributed by atoms with Gasteiger partial charge in [0.2, 0.25) is 0 Å². The van der Waals surface area contributed by atoms with Crippen molar-refractivity contribution in [1.82, 2.24) is 5.32 Å². The van der Waals surface area contributed by atoms with Gasteiger partial charge in [0.25, 0.3) is 0 Å². The molecule has 0 aliphatic carbocycles. The van der Waals surface area contributed by atoms with E-state index in [2.05, 4.69) is 19.2 Å². The molecule has 1 unspecified atom stereocenters. The third-order valence-corrected chi connectivity index (χ3v) is 3.15. The summed E-state index contributed by atoms with van der Waals surface area (Å²) in [7, 11) is 0. The minimum Gasteiger partial charge on any atom is -0.410 e. The standard InChI is InChI=1S/C16H25NO2/c1-3-5-10-14(9-4-2)13-17-16(18)19-15-11-7-6-8-12-15/h6-8,11-12,14H,3-5,9-10,13H2,1-2H3,(H,17,18). The lowest BCUT2D eigenvalue weighted by molar-refractivity contribution is 0.197. The Hall–Kier alpha value is -1.51. The maximum atomic E-state index is 11.7. The van der Waals surface area contributed by atoms with Crippen molar-refractivity contribution in [2.75, 3.05) is 6.54 Å². The van der Waals surface area contributed by atoms with Crippen LogP contribution in [0, 0.1) is 5.92 Å². The van der Waals surface area contributed by atoms with Crippen LogP contribution < -0.4 is 10.1 Å². The highest BCUT2D eigenvalue weighted by molar-refractivity contribution is 5.70. The molecular weight excluding hydrogens is 238 g/mol. The molecule has 0 aromatic heterocycles. The van der Waals surface area contributed by atoms with Crippen LogP contribution in [0.3, 0.4) is 0 Å². The predicted octanol–water partition coefficient (Wildman–Crippen LogP) is 4.38. The zero-order valence-electron chi connectivity index (χ0n) is 12.0. The number of rotatable bonds is 8. The first-order valence-electron chi connectivity index (χ1n) is 7.27. The fraction of sp³-hybridized carbons (Fsp3) is 0.562. The lowest BCUT2D eigenvalue weighted by Gasteiger charge is -2.16.